The van der Waals surface area contributed by atoms with Crippen molar-refractivity contribution in [3.05, 3.63) is 39.9 Å². The zero-order chi connectivity index (χ0) is 20.0. The van der Waals surface area contributed by atoms with Crippen molar-refractivity contribution in [2.24, 2.45) is 0 Å². The Balaban J connectivity index is 2.70. The summed E-state index contributed by atoms with van der Waals surface area (Å²) in [6.45, 7) is 1.00. The van der Waals surface area contributed by atoms with Gasteiger partial charge >= 0.3 is 17.7 Å². The fraction of sp³-hybridized carbons (Fsp3) is 0.231. The van der Waals surface area contributed by atoms with Crippen molar-refractivity contribution < 1.29 is 40.6 Å². The first-order valence-corrected chi connectivity index (χ1v) is 7.57. The maximum Gasteiger partial charge on any atom is 0.446 e. The molecule has 1 N–H and O–H groups in total. The van der Waals surface area contributed by atoms with E-state index in [1.807, 2.05) is 0 Å². The van der Waals surface area contributed by atoms with Gasteiger partial charge in [0.25, 0.3) is 0 Å². The van der Waals surface area contributed by atoms with E-state index in [-0.39, 0.29) is 6.07 Å². The van der Waals surface area contributed by atoms with Crippen LogP contribution in [0.5, 0.6) is 0 Å². The summed E-state index contributed by atoms with van der Waals surface area (Å²) in [5.41, 5.74) is -8.58. The second-order valence-corrected chi connectivity index (χ2v) is 6.30. The molecule has 0 bridgehead atoms. The molecule has 2 rings (SSSR count). The van der Waals surface area contributed by atoms with Crippen molar-refractivity contribution in [1.82, 2.24) is 9.78 Å². The van der Waals surface area contributed by atoms with Crippen LogP contribution in [0, 0.1) is 12.7 Å². The number of rotatable bonds is 3. The average molecular weight is 423 g/mol. The van der Waals surface area contributed by atoms with E-state index in [0.717, 1.165) is 6.92 Å². The van der Waals surface area contributed by atoms with Gasteiger partial charge in [0, 0.05) is 0 Å². The van der Waals surface area contributed by atoms with Crippen molar-refractivity contribution >= 4 is 29.3 Å². The van der Waals surface area contributed by atoms with Gasteiger partial charge in [-0.25, -0.2) is 13.9 Å². The molecule has 0 unspecified atom stereocenters. The van der Waals surface area contributed by atoms with E-state index >= 15 is 0 Å². The molecule has 0 saturated carbocycles. The Labute approximate surface area is 149 Å². The predicted molar refractivity (Wildman–Crippen MR) is 77.1 cm³/mol. The van der Waals surface area contributed by atoms with Gasteiger partial charge in [-0.1, -0.05) is 11.6 Å². The second-order valence-electron chi connectivity index (χ2n) is 4.81. The highest BCUT2D eigenvalue weighted by Gasteiger charge is 2.36. The van der Waals surface area contributed by atoms with Gasteiger partial charge in [-0.3, -0.25) is 0 Å². The molecule has 0 saturated heterocycles. The molecule has 0 amide bonds. The number of hydrogen-bond acceptors (Lipinski definition) is 3. The quantitative estimate of drug-likeness (QED) is 0.538. The van der Waals surface area contributed by atoms with Gasteiger partial charge in [-0.2, -0.15) is 31.4 Å². The molecule has 2 aromatic rings. The maximum atomic E-state index is 14.2. The van der Waals surface area contributed by atoms with Crippen LogP contribution in [0.25, 0.3) is 5.69 Å². The molecule has 142 valence electrons. The minimum atomic E-state index is -4.91. The van der Waals surface area contributed by atoms with Crippen molar-refractivity contribution in [2.75, 3.05) is 0 Å². The van der Waals surface area contributed by atoms with Crippen molar-refractivity contribution in [1.29, 1.82) is 0 Å². The molecular weight excluding hydrogens is 417 g/mol. The SMILES string of the molecule is Cc1c(SC(F)(F)F)c(C(=O)O)nn1-c1c(F)cc(C(F)(F)F)cc1Cl. The van der Waals surface area contributed by atoms with Crippen LogP contribution in [0.2, 0.25) is 5.02 Å². The maximum absolute atomic E-state index is 14.2. The number of carboxylic acid groups (broad SMARTS) is 1. The standard InChI is InChI=1S/C13H6ClF7N2O2S/c1-4-10(26-13(19,20)21)8(11(24)25)22-23(4)9-6(14)2-5(3-7(9)15)12(16,17)18/h2-3H,1H3,(H,24,25). The van der Waals surface area contributed by atoms with Crippen LogP contribution in [0.1, 0.15) is 21.7 Å². The molecular formula is C13H6ClF7N2O2S. The molecule has 0 atom stereocenters. The Morgan fingerprint density at radius 3 is 2.23 bits per heavy atom. The predicted octanol–water partition coefficient (Wildman–Crippen LogP) is 5.30. The van der Waals surface area contributed by atoms with E-state index in [0.29, 0.717) is 10.7 Å². The molecule has 1 aromatic carbocycles. The zero-order valence-electron chi connectivity index (χ0n) is 12.3. The van der Waals surface area contributed by atoms with E-state index in [9.17, 15) is 35.5 Å². The number of thioether (sulfide) groups is 1. The second kappa shape index (κ2) is 6.65. The Bertz CT molecular complexity index is 854. The smallest absolute Gasteiger partial charge is 0.446 e. The summed E-state index contributed by atoms with van der Waals surface area (Å²) < 4.78 is 90.5. The lowest BCUT2D eigenvalue weighted by molar-refractivity contribution is -0.137. The molecule has 0 aliphatic rings. The fourth-order valence-electron chi connectivity index (χ4n) is 2.01. The van der Waals surface area contributed by atoms with Crippen LogP contribution in [0.3, 0.4) is 0 Å². The van der Waals surface area contributed by atoms with E-state index < -0.39 is 67.8 Å². The molecule has 0 spiro atoms. The summed E-state index contributed by atoms with van der Waals surface area (Å²) in [5, 5.41) is 11.6. The number of aromatic carboxylic acids is 1. The molecule has 4 nitrogen and oxygen atoms in total. The third kappa shape index (κ3) is 4.06. The van der Waals surface area contributed by atoms with E-state index in [4.69, 9.17) is 16.7 Å². The number of carbonyl (C=O) groups is 1. The highest BCUT2D eigenvalue weighted by Crippen LogP contribution is 2.42. The summed E-state index contributed by atoms with van der Waals surface area (Å²) in [6.07, 6.45) is -4.91. The van der Waals surface area contributed by atoms with Crippen molar-refractivity contribution in [3.8, 4) is 5.69 Å². The van der Waals surface area contributed by atoms with Crippen LogP contribution >= 0.6 is 23.4 Å². The van der Waals surface area contributed by atoms with Crippen LogP contribution in [0.15, 0.2) is 17.0 Å². The topological polar surface area (TPSA) is 55.1 Å². The van der Waals surface area contributed by atoms with E-state index in [2.05, 4.69) is 5.10 Å². The summed E-state index contributed by atoms with van der Waals surface area (Å²) in [7, 11) is 0. The number of benzene rings is 1. The normalized spacial score (nSPS) is 12.5. The minimum absolute atomic E-state index is 0.0827. The molecule has 0 aliphatic heterocycles. The van der Waals surface area contributed by atoms with Gasteiger partial charge in [-0.05, 0) is 30.8 Å². The Kier molecular flexibility index (Phi) is 5.21. The first-order valence-electron chi connectivity index (χ1n) is 6.37. The minimum Gasteiger partial charge on any atom is -0.476 e. The van der Waals surface area contributed by atoms with Gasteiger partial charge in [-0.15, -0.1) is 0 Å². The number of nitrogens with zero attached hydrogens (tertiary/aromatic N) is 2. The lowest BCUT2D eigenvalue weighted by atomic mass is 10.2. The summed E-state index contributed by atoms with van der Waals surface area (Å²) >= 11 is 4.85. The fourth-order valence-corrected chi connectivity index (χ4v) is 2.99. The largest absolute Gasteiger partial charge is 0.476 e. The Morgan fingerprint density at radius 2 is 1.81 bits per heavy atom. The zero-order valence-corrected chi connectivity index (χ0v) is 13.9. The van der Waals surface area contributed by atoms with Crippen LogP contribution in [0.4, 0.5) is 30.7 Å². The highest BCUT2D eigenvalue weighted by molar-refractivity contribution is 8.00. The van der Waals surface area contributed by atoms with Gasteiger partial charge in [0.15, 0.2) is 11.5 Å². The number of carboxylic acids is 1. The third-order valence-electron chi connectivity index (χ3n) is 3.04. The number of hydrogen-bond donors (Lipinski definition) is 1. The lowest BCUT2D eigenvalue weighted by Gasteiger charge is -2.13. The third-order valence-corrected chi connectivity index (χ3v) is 4.25. The van der Waals surface area contributed by atoms with E-state index in [1.165, 1.54) is 0 Å². The highest BCUT2D eigenvalue weighted by atomic mass is 35.5. The number of aromatic nitrogens is 2. The molecule has 0 fully saturated rings. The summed E-state index contributed by atoms with van der Waals surface area (Å²) in [5.74, 6) is -3.36. The van der Waals surface area contributed by atoms with Crippen molar-refractivity contribution in [2.45, 2.75) is 23.5 Å². The first-order chi connectivity index (χ1) is 11.7. The van der Waals surface area contributed by atoms with Gasteiger partial charge in [0.1, 0.15) is 5.69 Å². The lowest BCUT2D eigenvalue weighted by Crippen LogP contribution is -2.10. The van der Waals surface area contributed by atoms with Crippen LogP contribution in [-0.4, -0.2) is 26.4 Å². The molecule has 13 heteroatoms. The Hall–Kier alpha value is -1.95. The Morgan fingerprint density at radius 1 is 1.23 bits per heavy atom. The molecule has 1 aromatic heterocycles. The first kappa shape index (κ1) is 20.4. The average Bonchev–Trinajstić information content (AvgIpc) is 2.73. The van der Waals surface area contributed by atoms with Crippen LogP contribution in [-0.2, 0) is 6.18 Å². The van der Waals surface area contributed by atoms with Gasteiger partial charge in [0.05, 0.1) is 21.2 Å². The summed E-state index contributed by atoms with van der Waals surface area (Å²) in [6, 6.07) is 0.442. The summed E-state index contributed by atoms with van der Waals surface area (Å²) in [4.78, 5) is 10.3. The van der Waals surface area contributed by atoms with E-state index in [1.54, 1.807) is 0 Å². The van der Waals surface area contributed by atoms with Gasteiger partial charge in [0.2, 0.25) is 0 Å². The molecule has 0 aliphatic carbocycles. The van der Waals surface area contributed by atoms with Crippen LogP contribution < -0.4 is 0 Å². The monoisotopic (exact) mass is 422 g/mol. The molecule has 0 radical (unpaired) electrons. The molecule has 26 heavy (non-hydrogen) atoms. The molecule has 1 heterocycles. The number of halogens is 8. The van der Waals surface area contributed by atoms with Gasteiger partial charge < -0.3 is 5.11 Å². The number of alkyl halides is 6. The van der Waals surface area contributed by atoms with Crippen molar-refractivity contribution in [3.63, 3.8) is 0 Å².